The molecule has 0 N–H and O–H groups in total. The number of nitrogens with zero attached hydrogens (tertiary/aromatic N) is 2. The molecule has 1 aromatic heterocycles. The first-order valence-electron chi connectivity index (χ1n) is 7.60. The molecule has 1 saturated heterocycles. The first kappa shape index (κ1) is 14.7. The van der Waals surface area contributed by atoms with Crippen LogP contribution in [0.1, 0.15) is 22.7 Å². The van der Waals surface area contributed by atoms with E-state index in [1.807, 2.05) is 54.3 Å². The van der Waals surface area contributed by atoms with E-state index in [1.165, 1.54) is 0 Å². The Labute approximate surface area is 130 Å². The van der Waals surface area contributed by atoms with Crippen LogP contribution in [0, 0.1) is 6.92 Å². The molecule has 0 aliphatic carbocycles. The summed E-state index contributed by atoms with van der Waals surface area (Å²) < 4.78 is 5.36. The van der Waals surface area contributed by atoms with Crippen molar-refractivity contribution in [3.63, 3.8) is 0 Å². The number of pyridine rings is 1. The molecule has 1 aliphatic rings. The molecule has 0 spiro atoms. The van der Waals surface area contributed by atoms with Crippen molar-refractivity contribution in [2.45, 2.75) is 12.8 Å². The van der Waals surface area contributed by atoms with Crippen LogP contribution >= 0.6 is 0 Å². The fourth-order valence-corrected chi connectivity index (χ4v) is 2.84. The Morgan fingerprint density at radius 1 is 1.14 bits per heavy atom. The van der Waals surface area contributed by atoms with Crippen molar-refractivity contribution in [3.05, 3.63) is 65.5 Å². The third-order valence-corrected chi connectivity index (χ3v) is 4.05. The highest BCUT2D eigenvalue weighted by Crippen LogP contribution is 2.28. The van der Waals surface area contributed by atoms with Crippen molar-refractivity contribution < 1.29 is 9.53 Å². The van der Waals surface area contributed by atoms with Crippen LogP contribution in [0.5, 0.6) is 0 Å². The van der Waals surface area contributed by atoms with E-state index in [4.69, 9.17) is 4.74 Å². The third-order valence-electron chi connectivity index (χ3n) is 4.05. The Kier molecular flexibility index (Phi) is 4.49. The minimum Gasteiger partial charge on any atom is -0.378 e. The van der Waals surface area contributed by atoms with Crippen molar-refractivity contribution in [3.8, 4) is 0 Å². The van der Waals surface area contributed by atoms with Gasteiger partial charge < -0.3 is 9.64 Å². The van der Waals surface area contributed by atoms with Gasteiger partial charge in [-0.3, -0.25) is 9.78 Å². The van der Waals surface area contributed by atoms with E-state index in [2.05, 4.69) is 4.98 Å². The summed E-state index contributed by atoms with van der Waals surface area (Å²) in [7, 11) is 0. The number of morpholine rings is 1. The molecule has 2 heterocycles. The maximum absolute atomic E-state index is 13.1. The summed E-state index contributed by atoms with van der Waals surface area (Å²) in [5.41, 5.74) is 2.94. The van der Waals surface area contributed by atoms with E-state index >= 15 is 0 Å². The quantitative estimate of drug-likeness (QED) is 0.873. The van der Waals surface area contributed by atoms with Gasteiger partial charge in [0.15, 0.2) is 0 Å². The van der Waals surface area contributed by atoms with E-state index in [-0.39, 0.29) is 11.8 Å². The SMILES string of the molecule is Cc1ccccc1C(C(=O)N1CCOCC1)c1ccccn1. The lowest BCUT2D eigenvalue weighted by atomic mass is 9.90. The second-order valence-electron chi connectivity index (χ2n) is 5.48. The maximum atomic E-state index is 13.1. The molecule has 22 heavy (non-hydrogen) atoms. The molecule has 1 aliphatic heterocycles. The van der Waals surface area contributed by atoms with Crippen LogP contribution in [0.3, 0.4) is 0 Å². The summed E-state index contributed by atoms with van der Waals surface area (Å²) in [6.07, 6.45) is 1.74. The molecule has 4 nitrogen and oxygen atoms in total. The number of hydrogen-bond acceptors (Lipinski definition) is 3. The van der Waals surface area contributed by atoms with Gasteiger partial charge in [-0.05, 0) is 30.2 Å². The van der Waals surface area contributed by atoms with Gasteiger partial charge in [0.1, 0.15) is 5.92 Å². The highest BCUT2D eigenvalue weighted by Gasteiger charge is 2.30. The van der Waals surface area contributed by atoms with Gasteiger partial charge in [-0.1, -0.05) is 30.3 Å². The molecule has 2 aromatic rings. The maximum Gasteiger partial charge on any atom is 0.236 e. The monoisotopic (exact) mass is 296 g/mol. The number of hydrogen-bond donors (Lipinski definition) is 0. The lowest BCUT2D eigenvalue weighted by Gasteiger charge is -2.31. The second kappa shape index (κ2) is 6.71. The van der Waals surface area contributed by atoms with Gasteiger partial charge in [-0.15, -0.1) is 0 Å². The summed E-state index contributed by atoms with van der Waals surface area (Å²) in [6, 6.07) is 13.8. The first-order chi connectivity index (χ1) is 10.8. The number of ether oxygens (including phenoxy) is 1. The normalized spacial score (nSPS) is 16.3. The van der Waals surface area contributed by atoms with Crippen molar-refractivity contribution in [2.75, 3.05) is 26.3 Å². The number of rotatable bonds is 3. The highest BCUT2D eigenvalue weighted by atomic mass is 16.5. The van der Waals surface area contributed by atoms with Crippen molar-refractivity contribution in [1.82, 2.24) is 9.88 Å². The van der Waals surface area contributed by atoms with Gasteiger partial charge in [-0.25, -0.2) is 0 Å². The zero-order chi connectivity index (χ0) is 15.4. The summed E-state index contributed by atoms with van der Waals surface area (Å²) in [5, 5.41) is 0. The second-order valence-corrected chi connectivity index (χ2v) is 5.48. The van der Waals surface area contributed by atoms with Crippen molar-refractivity contribution in [2.24, 2.45) is 0 Å². The standard InChI is InChI=1S/C18H20N2O2/c1-14-6-2-3-7-15(14)17(16-8-4-5-9-19-16)18(21)20-10-12-22-13-11-20/h2-9,17H,10-13H2,1H3. The summed E-state index contributed by atoms with van der Waals surface area (Å²) in [6.45, 7) is 4.54. The number of aryl methyl sites for hydroxylation is 1. The molecule has 4 heteroatoms. The summed E-state index contributed by atoms with van der Waals surface area (Å²) >= 11 is 0. The first-order valence-corrected chi connectivity index (χ1v) is 7.60. The minimum absolute atomic E-state index is 0.108. The van der Waals surface area contributed by atoms with Gasteiger partial charge in [-0.2, -0.15) is 0 Å². The number of benzene rings is 1. The minimum atomic E-state index is -0.347. The molecule has 1 unspecified atom stereocenters. The molecule has 1 aromatic carbocycles. The van der Waals surface area contributed by atoms with Crippen molar-refractivity contribution in [1.29, 1.82) is 0 Å². The van der Waals surface area contributed by atoms with Crippen LogP contribution < -0.4 is 0 Å². The van der Waals surface area contributed by atoms with Crippen molar-refractivity contribution >= 4 is 5.91 Å². The average Bonchev–Trinajstić information content (AvgIpc) is 2.58. The molecule has 0 bridgehead atoms. The number of carbonyl (C=O) groups excluding carboxylic acids is 1. The molecular formula is C18H20N2O2. The van der Waals surface area contributed by atoms with Gasteiger partial charge in [0.2, 0.25) is 5.91 Å². The Morgan fingerprint density at radius 3 is 2.55 bits per heavy atom. The van der Waals surface area contributed by atoms with Crippen LogP contribution in [-0.2, 0) is 9.53 Å². The fourth-order valence-electron chi connectivity index (χ4n) is 2.84. The third kappa shape index (κ3) is 3.02. The molecule has 3 rings (SSSR count). The summed E-state index contributed by atoms with van der Waals surface area (Å²) in [4.78, 5) is 19.4. The van der Waals surface area contributed by atoms with Crippen LogP contribution in [0.2, 0.25) is 0 Å². The van der Waals surface area contributed by atoms with E-state index in [0.717, 1.165) is 16.8 Å². The number of amides is 1. The van der Waals surface area contributed by atoms with E-state index in [1.54, 1.807) is 6.20 Å². The average molecular weight is 296 g/mol. The van der Waals surface area contributed by atoms with Gasteiger partial charge in [0, 0.05) is 19.3 Å². The Morgan fingerprint density at radius 2 is 1.86 bits per heavy atom. The highest BCUT2D eigenvalue weighted by molar-refractivity contribution is 5.87. The Balaban J connectivity index is 2.00. The predicted molar refractivity (Wildman–Crippen MR) is 84.7 cm³/mol. The molecule has 1 atom stereocenters. The summed E-state index contributed by atoms with van der Waals surface area (Å²) in [5.74, 6) is -0.239. The lowest BCUT2D eigenvalue weighted by molar-refractivity contribution is -0.136. The molecule has 1 fully saturated rings. The molecule has 1 amide bonds. The largest absolute Gasteiger partial charge is 0.378 e. The topological polar surface area (TPSA) is 42.4 Å². The zero-order valence-electron chi connectivity index (χ0n) is 12.7. The molecule has 0 radical (unpaired) electrons. The number of carbonyl (C=O) groups is 1. The number of aromatic nitrogens is 1. The van der Waals surface area contributed by atoms with Crippen LogP contribution in [0.25, 0.3) is 0 Å². The van der Waals surface area contributed by atoms with Gasteiger partial charge >= 0.3 is 0 Å². The molecule has 114 valence electrons. The molecule has 0 saturated carbocycles. The fraction of sp³-hybridized carbons (Fsp3) is 0.333. The van der Waals surface area contributed by atoms with Gasteiger partial charge in [0.05, 0.1) is 18.9 Å². The zero-order valence-corrected chi connectivity index (χ0v) is 12.7. The van der Waals surface area contributed by atoms with Crippen LogP contribution in [0.4, 0.5) is 0 Å². The Hall–Kier alpha value is -2.20. The predicted octanol–water partition coefficient (Wildman–Crippen LogP) is 2.38. The van der Waals surface area contributed by atoms with E-state index in [0.29, 0.717) is 26.3 Å². The lowest BCUT2D eigenvalue weighted by Crippen LogP contribution is -2.43. The van der Waals surface area contributed by atoms with E-state index < -0.39 is 0 Å². The Bertz CT molecular complexity index is 637. The van der Waals surface area contributed by atoms with Crippen LogP contribution in [-0.4, -0.2) is 42.1 Å². The van der Waals surface area contributed by atoms with Gasteiger partial charge in [0.25, 0.3) is 0 Å². The van der Waals surface area contributed by atoms with E-state index in [9.17, 15) is 4.79 Å². The van der Waals surface area contributed by atoms with Crippen LogP contribution in [0.15, 0.2) is 48.7 Å². The molecular weight excluding hydrogens is 276 g/mol. The smallest absolute Gasteiger partial charge is 0.236 e.